The molecule has 38 heavy (non-hydrogen) atoms. The number of methoxy groups -OCH3 is 2. The molecule has 0 atom stereocenters. The summed E-state index contributed by atoms with van der Waals surface area (Å²) in [4.78, 5) is 28.1. The minimum atomic E-state index is -1.31. The summed E-state index contributed by atoms with van der Waals surface area (Å²) in [5.41, 5.74) is 4.63. The van der Waals surface area contributed by atoms with Crippen molar-refractivity contribution in [1.29, 1.82) is 0 Å². The third-order valence-corrected chi connectivity index (χ3v) is 6.73. The van der Waals surface area contributed by atoms with E-state index < -0.39 is 10.9 Å². The van der Waals surface area contributed by atoms with Crippen LogP contribution in [0.15, 0.2) is 71.8 Å². The molecule has 194 valence electrons. The van der Waals surface area contributed by atoms with E-state index in [1.165, 1.54) is 36.6 Å². The van der Waals surface area contributed by atoms with Crippen molar-refractivity contribution in [3.05, 3.63) is 87.4 Å². The molecule has 0 aliphatic rings. The van der Waals surface area contributed by atoms with E-state index in [1.807, 2.05) is 18.2 Å². The number of hydrazone groups is 1. The molecule has 0 fully saturated rings. The number of hydrogen-bond acceptors (Lipinski definition) is 9. The smallest absolute Gasteiger partial charge is 0.352 e. The number of nitrogens with zero attached hydrogens (tertiary/aromatic N) is 3. The predicted octanol–water partition coefficient (Wildman–Crippen LogP) is 6.15. The van der Waals surface area contributed by atoms with Crippen LogP contribution in [0.3, 0.4) is 0 Å². The molecule has 3 aromatic carbocycles. The molecule has 0 spiro atoms. The van der Waals surface area contributed by atoms with E-state index >= 15 is 0 Å². The minimum Gasteiger partial charge on any atom is -0.493 e. The number of para-hydroxylation sites is 1. The van der Waals surface area contributed by atoms with Gasteiger partial charge in [0.2, 0.25) is 5.13 Å². The van der Waals surface area contributed by atoms with Crippen LogP contribution in [0.2, 0.25) is 5.02 Å². The first-order valence-corrected chi connectivity index (χ1v) is 12.3. The van der Waals surface area contributed by atoms with Crippen molar-refractivity contribution in [2.24, 2.45) is 5.10 Å². The van der Waals surface area contributed by atoms with Crippen molar-refractivity contribution in [1.82, 2.24) is 4.98 Å². The maximum Gasteiger partial charge on any atom is 0.352 e. The fraction of sp³-hybridized carbons (Fsp3) is 0.115. The Kier molecular flexibility index (Phi) is 8.19. The highest BCUT2D eigenvalue weighted by atomic mass is 35.5. The Morgan fingerprint density at radius 2 is 1.76 bits per heavy atom. The number of hydrogen-bond donors (Lipinski definition) is 2. The zero-order valence-electron chi connectivity index (χ0n) is 20.2. The molecule has 0 saturated heterocycles. The summed E-state index contributed by atoms with van der Waals surface area (Å²) in [6.45, 7) is 0. The molecule has 10 nitrogen and oxygen atoms in total. The van der Waals surface area contributed by atoms with Gasteiger partial charge in [-0.1, -0.05) is 53.3 Å². The summed E-state index contributed by atoms with van der Waals surface area (Å²) < 4.78 is 10.8. The number of carboxylic acid groups (broad SMARTS) is 1. The van der Waals surface area contributed by atoms with Crippen molar-refractivity contribution >= 4 is 45.4 Å². The van der Waals surface area contributed by atoms with E-state index in [2.05, 4.69) is 15.5 Å². The molecular weight excluding hydrogens is 532 g/mol. The number of nitro benzene ring substituents is 1. The zero-order chi connectivity index (χ0) is 27.2. The van der Waals surface area contributed by atoms with E-state index in [1.54, 1.807) is 37.4 Å². The average Bonchev–Trinajstić information content (AvgIpc) is 3.35. The van der Waals surface area contributed by atoms with E-state index in [0.29, 0.717) is 27.3 Å². The number of benzene rings is 3. The Hall–Kier alpha value is -4.48. The maximum absolute atomic E-state index is 11.9. The molecule has 0 radical (unpaired) electrons. The molecule has 0 saturated carbocycles. The second-order valence-corrected chi connectivity index (χ2v) is 9.25. The van der Waals surface area contributed by atoms with Gasteiger partial charge in [0.15, 0.2) is 11.5 Å². The van der Waals surface area contributed by atoms with Gasteiger partial charge in [0.05, 0.1) is 29.7 Å². The average molecular weight is 553 g/mol. The summed E-state index contributed by atoms with van der Waals surface area (Å²) in [6, 6.07) is 18.5. The van der Waals surface area contributed by atoms with Gasteiger partial charge in [-0.15, -0.1) is 0 Å². The number of nitrogens with one attached hydrogen (secondary N) is 1. The number of aromatic nitrogens is 1. The Bertz CT molecular complexity index is 1520. The molecular formula is C26H21ClN4O6S. The van der Waals surface area contributed by atoms with Crippen LogP contribution in [0.25, 0.3) is 21.7 Å². The first-order valence-electron chi connectivity index (χ1n) is 11.1. The largest absolute Gasteiger partial charge is 0.493 e. The lowest BCUT2D eigenvalue weighted by atomic mass is 10.1. The van der Waals surface area contributed by atoms with E-state index in [9.17, 15) is 20.0 Å². The first-order chi connectivity index (χ1) is 18.3. The number of halogens is 1. The molecule has 0 aliphatic carbocycles. The second-order valence-electron chi connectivity index (χ2n) is 7.81. The maximum atomic E-state index is 11.9. The fourth-order valence-corrected chi connectivity index (χ4v) is 4.70. The third-order valence-electron chi connectivity index (χ3n) is 5.47. The number of nitro groups is 1. The van der Waals surface area contributed by atoms with E-state index in [-0.39, 0.29) is 23.4 Å². The molecule has 0 amide bonds. The summed E-state index contributed by atoms with van der Waals surface area (Å²) in [7, 11) is 3.08. The van der Waals surface area contributed by atoms with E-state index in [4.69, 9.17) is 21.1 Å². The van der Waals surface area contributed by atoms with E-state index in [0.717, 1.165) is 16.0 Å². The predicted molar refractivity (Wildman–Crippen MR) is 147 cm³/mol. The molecule has 4 aromatic rings. The molecule has 0 bridgehead atoms. The van der Waals surface area contributed by atoms with Crippen molar-refractivity contribution in [3.8, 4) is 33.2 Å². The summed E-state index contributed by atoms with van der Waals surface area (Å²) in [6.07, 6.45) is -0.253. The van der Waals surface area contributed by atoms with Crippen LogP contribution in [-0.4, -0.2) is 40.9 Å². The fourth-order valence-electron chi connectivity index (χ4n) is 3.64. The van der Waals surface area contributed by atoms with Crippen LogP contribution in [0.1, 0.15) is 5.56 Å². The van der Waals surface area contributed by atoms with Crippen molar-refractivity contribution in [3.63, 3.8) is 0 Å². The SMILES string of the molecule is COc1ccc(-c2nc(NN=C(Cc3ccccc3[N+](=O)[O-])C(=O)O)sc2-c2ccc(Cl)cc2)cc1OC. The van der Waals surface area contributed by atoms with Crippen molar-refractivity contribution in [2.75, 3.05) is 19.6 Å². The summed E-state index contributed by atoms with van der Waals surface area (Å²) >= 11 is 7.33. The highest BCUT2D eigenvalue weighted by Crippen LogP contribution is 2.41. The zero-order valence-corrected chi connectivity index (χ0v) is 21.7. The number of anilines is 1. The Labute approximate surface area is 226 Å². The lowest BCUT2D eigenvalue weighted by Crippen LogP contribution is -2.18. The van der Waals surface area contributed by atoms with Crippen LogP contribution >= 0.6 is 22.9 Å². The molecule has 0 aliphatic heterocycles. The number of thiazole rings is 1. The molecule has 2 N–H and O–H groups in total. The van der Waals surface area contributed by atoms with Gasteiger partial charge in [0.25, 0.3) is 5.69 Å². The topological polar surface area (TPSA) is 136 Å². The molecule has 1 heterocycles. The van der Waals surface area contributed by atoms with Gasteiger partial charge < -0.3 is 14.6 Å². The van der Waals surface area contributed by atoms with Gasteiger partial charge >= 0.3 is 5.97 Å². The molecule has 4 rings (SSSR count). The number of ether oxygens (including phenoxy) is 2. The minimum absolute atomic E-state index is 0.184. The normalized spacial score (nSPS) is 11.2. The number of rotatable bonds is 10. The Morgan fingerprint density at radius 3 is 2.42 bits per heavy atom. The van der Waals surface area contributed by atoms with Crippen LogP contribution in [0.5, 0.6) is 11.5 Å². The summed E-state index contributed by atoms with van der Waals surface area (Å²) in [5, 5.41) is 26.0. The van der Waals surface area contributed by atoms with Gasteiger partial charge in [-0.3, -0.25) is 15.5 Å². The number of carboxylic acids is 1. The standard InChI is InChI=1S/C26H21ClN4O6S/c1-36-21-12-9-17(14-22(21)37-2)23-24(15-7-10-18(27)11-8-15)38-26(28-23)30-29-19(25(32)33)13-16-5-3-4-6-20(16)31(34)35/h3-12,14H,13H2,1-2H3,(H,28,30)(H,32,33). The lowest BCUT2D eigenvalue weighted by Gasteiger charge is -2.09. The van der Waals surface area contributed by atoms with Crippen molar-refractivity contribution < 1.29 is 24.3 Å². The summed E-state index contributed by atoms with van der Waals surface area (Å²) in [5.74, 6) is -0.237. The highest BCUT2D eigenvalue weighted by molar-refractivity contribution is 7.19. The van der Waals surface area contributed by atoms with Gasteiger partial charge in [-0.25, -0.2) is 9.78 Å². The van der Waals surface area contributed by atoms with Crippen molar-refractivity contribution in [2.45, 2.75) is 6.42 Å². The quantitative estimate of drug-likeness (QED) is 0.136. The lowest BCUT2D eigenvalue weighted by molar-refractivity contribution is -0.385. The van der Waals surface area contributed by atoms with Gasteiger partial charge in [-0.2, -0.15) is 5.10 Å². The van der Waals surface area contributed by atoms with Gasteiger partial charge in [0.1, 0.15) is 5.71 Å². The van der Waals surface area contributed by atoms with Gasteiger partial charge in [0, 0.05) is 28.6 Å². The molecule has 1 aromatic heterocycles. The highest BCUT2D eigenvalue weighted by Gasteiger charge is 2.20. The number of aliphatic carboxylic acids is 1. The van der Waals surface area contributed by atoms with Crippen LogP contribution in [0, 0.1) is 10.1 Å². The second kappa shape index (κ2) is 11.7. The first kappa shape index (κ1) is 26.6. The van der Waals surface area contributed by atoms with Crippen LogP contribution < -0.4 is 14.9 Å². The monoisotopic (exact) mass is 552 g/mol. The molecule has 0 unspecified atom stereocenters. The number of carbonyl (C=O) groups is 1. The van der Waals surface area contributed by atoms with Crippen LogP contribution in [-0.2, 0) is 11.2 Å². The Morgan fingerprint density at radius 1 is 1.08 bits per heavy atom. The third kappa shape index (κ3) is 5.90. The Balaban J connectivity index is 1.73. The van der Waals surface area contributed by atoms with Gasteiger partial charge in [-0.05, 0) is 35.9 Å². The van der Waals surface area contributed by atoms with Crippen LogP contribution in [0.4, 0.5) is 10.8 Å². The molecule has 12 heteroatoms.